The van der Waals surface area contributed by atoms with Crippen LogP contribution >= 0.6 is 0 Å². The Kier molecular flexibility index (Phi) is 5.15. The molecule has 0 amide bonds. The van der Waals surface area contributed by atoms with Crippen molar-refractivity contribution in [3.63, 3.8) is 0 Å². The van der Waals surface area contributed by atoms with Crippen molar-refractivity contribution in [3.8, 4) is 0 Å². The van der Waals surface area contributed by atoms with Gasteiger partial charge in [0.1, 0.15) is 0 Å². The van der Waals surface area contributed by atoms with Crippen LogP contribution in [0.15, 0.2) is 0 Å². The molecule has 0 spiro atoms. The van der Waals surface area contributed by atoms with Crippen LogP contribution in [0.5, 0.6) is 0 Å². The molecule has 0 atom stereocenters. The second-order valence-electron chi connectivity index (χ2n) is 3.75. The molecule has 0 radical (unpaired) electrons. The van der Waals surface area contributed by atoms with Gasteiger partial charge >= 0.3 is 6.36 Å². The largest absolute Gasteiger partial charge is 0.522 e. The van der Waals surface area contributed by atoms with Gasteiger partial charge in [0, 0.05) is 11.3 Å². The van der Waals surface area contributed by atoms with Crippen molar-refractivity contribution >= 4 is 0 Å². The first-order valence-corrected chi connectivity index (χ1v) is 5.81. The van der Waals surface area contributed by atoms with Gasteiger partial charge < -0.3 is 5.11 Å². The highest BCUT2D eigenvalue weighted by atomic mass is 19.4. The van der Waals surface area contributed by atoms with Crippen LogP contribution in [0.2, 0.25) is 0 Å². The summed E-state index contributed by atoms with van der Waals surface area (Å²) in [4.78, 5) is 0. The summed E-state index contributed by atoms with van der Waals surface area (Å²) >= 11 is 0. The number of nitrogens with zero attached hydrogens (tertiary/aromatic N) is 2. The lowest BCUT2D eigenvalue weighted by molar-refractivity contribution is -0.325. The molecule has 104 valence electrons. The normalized spacial score (nSPS) is 12.1. The van der Waals surface area contributed by atoms with Crippen molar-refractivity contribution in [2.75, 3.05) is 6.61 Å². The Morgan fingerprint density at radius 1 is 1.28 bits per heavy atom. The molecule has 4 nitrogen and oxygen atoms in total. The van der Waals surface area contributed by atoms with Gasteiger partial charge in [-0.25, -0.2) is 0 Å². The molecular formula is C11H17F3N2O2. The molecule has 0 aromatic carbocycles. The lowest BCUT2D eigenvalue weighted by atomic mass is 10.1. The second kappa shape index (κ2) is 6.19. The first-order chi connectivity index (χ1) is 8.42. The van der Waals surface area contributed by atoms with Crippen LogP contribution in [0, 0.1) is 0 Å². The number of aliphatic hydroxyl groups is 1. The standard InChI is InChI=1S/C11H17F3N2O2/c1-3-9-8(7-17)10(4-2)16(15-9)5-6-18-11(12,13)14/h17H,3-7H2,1-2H3. The molecule has 7 heteroatoms. The number of ether oxygens (including phenoxy) is 1. The Hall–Kier alpha value is -1.08. The van der Waals surface area contributed by atoms with Gasteiger partial charge in [-0.3, -0.25) is 9.42 Å². The summed E-state index contributed by atoms with van der Waals surface area (Å²) in [5.74, 6) is 0. The van der Waals surface area contributed by atoms with Crippen LogP contribution in [0.3, 0.4) is 0 Å². The lowest BCUT2D eigenvalue weighted by Gasteiger charge is -2.09. The number of aliphatic hydroxyl groups excluding tert-OH is 1. The molecule has 0 fully saturated rings. The van der Waals surface area contributed by atoms with E-state index in [1.54, 1.807) is 0 Å². The van der Waals surface area contributed by atoms with E-state index in [1.165, 1.54) is 4.68 Å². The van der Waals surface area contributed by atoms with Crippen LogP contribution in [0.4, 0.5) is 13.2 Å². The zero-order valence-electron chi connectivity index (χ0n) is 10.4. The van der Waals surface area contributed by atoms with Crippen molar-refractivity contribution < 1.29 is 23.0 Å². The van der Waals surface area contributed by atoms with Gasteiger partial charge in [-0.05, 0) is 12.8 Å². The van der Waals surface area contributed by atoms with Gasteiger partial charge in [0.25, 0.3) is 0 Å². The van der Waals surface area contributed by atoms with Gasteiger partial charge in [-0.2, -0.15) is 5.10 Å². The van der Waals surface area contributed by atoms with E-state index in [1.807, 2.05) is 13.8 Å². The fourth-order valence-electron chi connectivity index (χ4n) is 1.88. The SMILES string of the molecule is CCc1nn(CCOC(F)(F)F)c(CC)c1CO. The molecular weight excluding hydrogens is 249 g/mol. The third-order valence-corrected chi connectivity index (χ3v) is 2.65. The molecule has 0 aliphatic rings. The number of halogens is 3. The summed E-state index contributed by atoms with van der Waals surface area (Å²) in [6.07, 6.45) is -3.38. The van der Waals surface area contributed by atoms with Gasteiger partial charge in [0.2, 0.25) is 0 Å². The Morgan fingerprint density at radius 3 is 2.39 bits per heavy atom. The first kappa shape index (κ1) is 15.0. The van der Waals surface area contributed by atoms with Gasteiger partial charge in [0.05, 0.1) is 25.5 Å². The maximum absolute atomic E-state index is 11.9. The van der Waals surface area contributed by atoms with Crippen molar-refractivity contribution in [3.05, 3.63) is 17.0 Å². The molecule has 18 heavy (non-hydrogen) atoms. The minimum absolute atomic E-state index is 0.0235. The highest BCUT2D eigenvalue weighted by Gasteiger charge is 2.28. The number of alkyl halides is 3. The lowest BCUT2D eigenvalue weighted by Crippen LogP contribution is -2.18. The van der Waals surface area contributed by atoms with Crippen LogP contribution in [0.1, 0.15) is 30.8 Å². The van der Waals surface area contributed by atoms with Crippen molar-refractivity contribution in [2.45, 2.75) is 46.2 Å². The predicted molar refractivity (Wildman–Crippen MR) is 58.9 cm³/mol. The fraction of sp³-hybridized carbons (Fsp3) is 0.727. The summed E-state index contributed by atoms with van der Waals surface area (Å²) in [6.45, 7) is 3.16. The van der Waals surface area contributed by atoms with Crippen molar-refractivity contribution in [2.24, 2.45) is 0 Å². The topological polar surface area (TPSA) is 47.3 Å². The third-order valence-electron chi connectivity index (χ3n) is 2.65. The van der Waals surface area contributed by atoms with Crippen molar-refractivity contribution in [1.29, 1.82) is 0 Å². The molecule has 0 saturated carbocycles. The summed E-state index contributed by atoms with van der Waals surface area (Å²) in [7, 11) is 0. The van der Waals surface area contributed by atoms with Crippen molar-refractivity contribution in [1.82, 2.24) is 9.78 Å². The highest BCUT2D eigenvalue weighted by Crippen LogP contribution is 2.18. The molecule has 0 saturated heterocycles. The predicted octanol–water partition coefficient (Wildman–Crippen LogP) is 2.04. The number of hydrogen-bond donors (Lipinski definition) is 1. The summed E-state index contributed by atoms with van der Waals surface area (Å²) in [5, 5.41) is 13.5. The molecule has 1 N–H and O–H groups in total. The number of aromatic nitrogens is 2. The Labute approximate surface area is 103 Å². The van der Waals surface area contributed by atoms with Crippen LogP contribution in [-0.2, 0) is 30.7 Å². The van der Waals surface area contributed by atoms with E-state index in [0.717, 1.165) is 11.4 Å². The van der Waals surface area contributed by atoms with Crippen LogP contribution in [0.25, 0.3) is 0 Å². The van der Waals surface area contributed by atoms with Gasteiger partial charge in [-0.1, -0.05) is 13.8 Å². The average molecular weight is 266 g/mol. The smallest absolute Gasteiger partial charge is 0.392 e. The molecule has 1 aromatic rings. The average Bonchev–Trinajstić information content (AvgIpc) is 2.64. The summed E-state index contributed by atoms with van der Waals surface area (Å²) < 4.78 is 40.8. The van der Waals surface area contributed by atoms with E-state index in [0.29, 0.717) is 18.4 Å². The van der Waals surface area contributed by atoms with Gasteiger partial charge in [-0.15, -0.1) is 13.2 Å². The van der Waals surface area contributed by atoms with E-state index in [-0.39, 0.29) is 13.2 Å². The first-order valence-electron chi connectivity index (χ1n) is 5.81. The van der Waals surface area contributed by atoms with E-state index in [4.69, 9.17) is 0 Å². The monoisotopic (exact) mass is 266 g/mol. The van der Waals surface area contributed by atoms with Crippen LogP contribution in [-0.4, -0.2) is 27.9 Å². The maximum Gasteiger partial charge on any atom is 0.522 e. The molecule has 0 unspecified atom stereocenters. The molecule has 1 rings (SSSR count). The zero-order chi connectivity index (χ0) is 13.8. The second-order valence-corrected chi connectivity index (χ2v) is 3.75. The fourth-order valence-corrected chi connectivity index (χ4v) is 1.88. The van der Waals surface area contributed by atoms with Crippen LogP contribution < -0.4 is 0 Å². The maximum atomic E-state index is 11.9. The molecule has 1 aromatic heterocycles. The Morgan fingerprint density at radius 2 is 1.94 bits per heavy atom. The van der Waals surface area contributed by atoms with E-state index in [9.17, 15) is 18.3 Å². The summed E-state index contributed by atoms with van der Waals surface area (Å²) in [5.41, 5.74) is 2.20. The van der Waals surface area contributed by atoms with E-state index < -0.39 is 13.0 Å². The molecule has 0 aliphatic carbocycles. The molecule has 0 aliphatic heterocycles. The number of rotatable bonds is 6. The van der Waals surface area contributed by atoms with E-state index >= 15 is 0 Å². The zero-order valence-corrected chi connectivity index (χ0v) is 10.4. The highest BCUT2D eigenvalue weighted by molar-refractivity contribution is 5.25. The Bertz CT molecular complexity index is 388. The van der Waals surface area contributed by atoms with E-state index in [2.05, 4.69) is 9.84 Å². The third kappa shape index (κ3) is 3.71. The number of aryl methyl sites for hydroxylation is 1. The minimum atomic E-state index is -4.62. The minimum Gasteiger partial charge on any atom is -0.392 e. The molecule has 1 heterocycles. The summed E-state index contributed by atoms with van der Waals surface area (Å²) in [6, 6.07) is 0. The Balaban J connectivity index is 2.79. The van der Waals surface area contributed by atoms with Gasteiger partial charge in [0.15, 0.2) is 0 Å². The quantitative estimate of drug-likeness (QED) is 0.857. The number of hydrogen-bond acceptors (Lipinski definition) is 3. The molecule has 0 bridgehead atoms.